The van der Waals surface area contributed by atoms with Gasteiger partial charge >= 0.3 is 0 Å². The van der Waals surface area contributed by atoms with Crippen LogP contribution in [0.5, 0.6) is 5.88 Å². The summed E-state index contributed by atoms with van der Waals surface area (Å²) in [5.41, 5.74) is 1.20. The van der Waals surface area contributed by atoms with E-state index in [1.807, 2.05) is 6.07 Å². The molecule has 7 nitrogen and oxygen atoms in total. The minimum absolute atomic E-state index is 0.0554. The lowest BCUT2D eigenvalue weighted by molar-refractivity contribution is 0.397. The van der Waals surface area contributed by atoms with E-state index in [4.69, 9.17) is 16.3 Å². The fourth-order valence-corrected chi connectivity index (χ4v) is 4.18. The summed E-state index contributed by atoms with van der Waals surface area (Å²) in [5, 5.41) is 1.22. The van der Waals surface area contributed by atoms with Crippen molar-refractivity contribution in [3.05, 3.63) is 53.6 Å². The van der Waals surface area contributed by atoms with Crippen molar-refractivity contribution >= 4 is 49.2 Å². The number of benzene rings is 1. The van der Waals surface area contributed by atoms with Crippen LogP contribution in [0, 0.1) is 5.82 Å². The fraction of sp³-hybridized carbons (Fsp3) is 0.0588. The lowest BCUT2D eigenvalue weighted by atomic mass is 10.1. The zero-order chi connectivity index (χ0) is 19.2. The summed E-state index contributed by atoms with van der Waals surface area (Å²) in [4.78, 5) is 10.9. The monoisotopic (exact) mass is 406 g/mol. The van der Waals surface area contributed by atoms with Crippen molar-refractivity contribution < 1.29 is 17.5 Å². The molecule has 0 aliphatic rings. The number of H-pyrrole nitrogens is 1. The first-order valence-electron chi connectivity index (χ1n) is 7.68. The standard InChI is InChI=1S/C17H12ClFN4O3S/c1-26-17-11(18)7-12(19)16(22-17)23-27(24,25)13-8-21-15-10(13)5-4-9-3-2-6-20-14(9)15/h2-8,21H,1H3,(H,22,23). The molecule has 138 valence electrons. The maximum atomic E-state index is 14.1. The Hall–Kier alpha value is -2.91. The molecule has 0 fully saturated rings. The van der Waals surface area contributed by atoms with Crippen LogP contribution in [0.3, 0.4) is 0 Å². The number of halogens is 2. The van der Waals surface area contributed by atoms with Crippen LogP contribution in [0.25, 0.3) is 21.8 Å². The number of aromatic amines is 1. The van der Waals surface area contributed by atoms with E-state index in [2.05, 4.69) is 19.7 Å². The van der Waals surface area contributed by atoms with Crippen LogP contribution in [-0.4, -0.2) is 30.5 Å². The highest BCUT2D eigenvalue weighted by Crippen LogP contribution is 2.31. The van der Waals surface area contributed by atoms with Gasteiger partial charge in [-0.15, -0.1) is 0 Å². The molecule has 1 aromatic carbocycles. The smallest absolute Gasteiger partial charge is 0.265 e. The highest BCUT2D eigenvalue weighted by Gasteiger charge is 2.23. The maximum absolute atomic E-state index is 14.1. The summed E-state index contributed by atoms with van der Waals surface area (Å²) in [5.74, 6) is -1.52. The molecule has 10 heteroatoms. The number of anilines is 1. The van der Waals surface area contributed by atoms with E-state index < -0.39 is 21.7 Å². The Labute approximate surface area is 158 Å². The molecule has 0 saturated heterocycles. The van der Waals surface area contributed by atoms with Crippen molar-refractivity contribution in [3.63, 3.8) is 0 Å². The first kappa shape index (κ1) is 17.5. The van der Waals surface area contributed by atoms with E-state index in [1.165, 1.54) is 13.3 Å². The molecule has 0 aliphatic heterocycles. The van der Waals surface area contributed by atoms with Gasteiger partial charge in [-0.1, -0.05) is 29.8 Å². The van der Waals surface area contributed by atoms with Gasteiger partial charge in [-0.3, -0.25) is 9.71 Å². The van der Waals surface area contributed by atoms with Gasteiger partial charge < -0.3 is 9.72 Å². The molecule has 0 bridgehead atoms. The highest BCUT2D eigenvalue weighted by molar-refractivity contribution is 7.93. The van der Waals surface area contributed by atoms with Crippen molar-refractivity contribution in [2.24, 2.45) is 0 Å². The number of sulfonamides is 1. The molecule has 0 unspecified atom stereocenters. The minimum Gasteiger partial charge on any atom is -0.480 e. The lowest BCUT2D eigenvalue weighted by Gasteiger charge is -2.10. The van der Waals surface area contributed by atoms with Crippen molar-refractivity contribution in [2.75, 3.05) is 11.8 Å². The van der Waals surface area contributed by atoms with E-state index in [9.17, 15) is 12.8 Å². The van der Waals surface area contributed by atoms with Crippen molar-refractivity contribution in [1.82, 2.24) is 15.0 Å². The van der Waals surface area contributed by atoms with Crippen LogP contribution in [0.4, 0.5) is 10.2 Å². The number of fused-ring (bicyclic) bond motifs is 3. The van der Waals surface area contributed by atoms with Crippen LogP contribution in [0.1, 0.15) is 0 Å². The van der Waals surface area contributed by atoms with Gasteiger partial charge in [0.2, 0.25) is 5.88 Å². The van der Waals surface area contributed by atoms with Crippen LogP contribution in [0.2, 0.25) is 5.02 Å². The summed E-state index contributed by atoms with van der Waals surface area (Å²) in [6, 6.07) is 8.02. The molecule has 2 N–H and O–H groups in total. The second-order valence-corrected chi connectivity index (χ2v) is 7.69. The Morgan fingerprint density at radius 3 is 2.89 bits per heavy atom. The van der Waals surface area contributed by atoms with Gasteiger partial charge in [-0.05, 0) is 6.07 Å². The number of nitrogens with one attached hydrogen (secondary N) is 2. The Kier molecular flexibility index (Phi) is 4.12. The van der Waals surface area contributed by atoms with Gasteiger partial charge in [0, 0.05) is 29.2 Å². The summed E-state index contributed by atoms with van der Waals surface area (Å²) in [7, 11) is -2.84. The Balaban J connectivity index is 1.82. The average Bonchev–Trinajstić information content (AvgIpc) is 3.09. The summed E-state index contributed by atoms with van der Waals surface area (Å²) in [6.07, 6.45) is 2.94. The quantitative estimate of drug-likeness (QED) is 0.538. The summed E-state index contributed by atoms with van der Waals surface area (Å²) >= 11 is 5.79. The predicted molar refractivity (Wildman–Crippen MR) is 100 cm³/mol. The molecule has 0 spiro atoms. The molecular weight excluding hydrogens is 395 g/mol. The van der Waals surface area contributed by atoms with Gasteiger partial charge in [-0.2, -0.15) is 4.98 Å². The van der Waals surface area contributed by atoms with Gasteiger partial charge in [0.05, 0.1) is 18.1 Å². The average molecular weight is 407 g/mol. The Morgan fingerprint density at radius 2 is 2.11 bits per heavy atom. The second-order valence-electron chi connectivity index (χ2n) is 5.63. The van der Waals surface area contributed by atoms with Gasteiger partial charge in [-0.25, -0.2) is 12.8 Å². The van der Waals surface area contributed by atoms with Crippen LogP contribution in [-0.2, 0) is 10.0 Å². The zero-order valence-corrected chi connectivity index (χ0v) is 15.4. The molecule has 4 rings (SSSR count). The molecule has 0 atom stereocenters. The van der Waals surface area contributed by atoms with Crippen LogP contribution >= 0.6 is 11.6 Å². The first-order chi connectivity index (χ1) is 12.9. The van der Waals surface area contributed by atoms with Gasteiger partial charge in [0.25, 0.3) is 10.0 Å². The second kappa shape index (κ2) is 6.36. The molecule has 0 amide bonds. The van der Waals surface area contributed by atoms with Crippen LogP contribution < -0.4 is 9.46 Å². The third-order valence-corrected chi connectivity index (χ3v) is 5.65. The molecular formula is C17H12ClFN4O3S. The number of rotatable bonds is 4. The highest BCUT2D eigenvalue weighted by atomic mass is 35.5. The molecule has 3 aromatic heterocycles. The number of hydrogen-bond acceptors (Lipinski definition) is 5. The third kappa shape index (κ3) is 2.94. The van der Waals surface area contributed by atoms with E-state index in [0.29, 0.717) is 16.4 Å². The zero-order valence-electron chi connectivity index (χ0n) is 13.8. The number of methoxy groups -OCH3 is 1. The fourth-order valence-electron chi connectivity index (χ4n) is 2.78. The number of aromatic nitrogens is 3. The topological polar surface area (TPSA) is 97.0 Å². The van der Waals surface area contributed by atoms with E-state index in [1.54, 1.807) is 24.4 Å². The minimum atomic E-state index is -4.14. The first-order valence-corrected chi connectivity index (χ1v) is 9.54. The van der Waals surface area contributed by atoms with Crippen molar-refractivity contribution in [3.8, 4) is 5.88 Å². The SMILES string of the molecule is COc1nc(NS(=O)(=O)c2c[nH]c3c2ccc2cccnc23)c(F)cc1Cl. The Morgan fingerprint density at radius 1 is 1.30 bits per heavy atom. The number of ether oxygens (including phenoxy) is 1. The van der Waals surface area contributed by atoms with Gasteiger partial charge in [0.1, 0.15) is 9.92 Å². The van der Waals surface area contributed by atoms with Crippen molar-refractivity contribution in [1.29, 1.82) is 0 Å². The molecule has 3 heterocycles. The van der Waals surface area contributed by atoms with Crippen molar-refractivity contribution in [2.45, 2.75) is 4.90 Å². The number of hydrogen-bond donors (Lipinski definition) is 2. The summed E-state index contributed by atoms with van der Waals surface area (Å²) < 4.78 is 46.8. The molecule has 27 heavy (non-hydrogen) atoms. The molecule has 4 aromatic rings. The van der Waals surface area contributed by atoms with E-state index >= 15 is 0 Å². The number of nitrogens with zero attached hydrogens (tertiary/aromatic N) is 2. The van der Waals surface area contributed by atoms with Crippen LogP contribution in [0.15, 0.2) is 47.6 Å². The molecule has 0 aliphatic carbocycles. The summed E-state index contributed by atoms with van der Waals surface area (Å²) in [6.45, 7) is 0. The Bertz CT molecular complexity index is 1290. The predicted octanol–water partition coefficient (Wildman–Crippen LogP) is 3.71. The van der Waals surface area contributed by atoms with Gasteiger partial charge in [0.15, 0.2) is 11.6 Å². The largest absolute Gasteiger partial charge is 0.480 e. The third-order valence-electron chi connectivity index (χ3n) is 4.00. The normalized spacial score (nSPS) is 11.8. The maximum Gasteiger partial charge on any atom is 0.265 e. The number of pyridine rings is 2. The molecule has 0 saturated carbocycles. The lowest BCUT2D eigenvalue weighted by Crippen LogP contribution is -2.15. The van der Waals surface area contributed by atoms with E-state index in [-0.39, 0.29) is 15.8 Å². The molecule has 0 radical (unpaired) electrons. The van der Waals surface area contributed by atoms with E-state index in [0.717, 1.165) is 11.5 Å².